The molecule has 0 bridgehead atoms. The Bertz CT molecular complexity index is 1130. The SMILES string of the molecule is CC(C)[C@H](NC(=O)OCc1ccccc1)C(=O)N[C@@H](Cc1ccccc1)C(=O)N[C@H](C=O)C[C@@H]1CCNC1=O. The van der Waals surface area contributed by atoms with E-state index in [-0.39, 0.29) is 37.2 Å². The van der Waals surface area contributed by atoms with Gasteiger partial charge in [0.2, 0.25) is 17.7 Å². The molecule has 1 fully saturated rings. The van der Waals surface area contributed by atoms with E-state index >= 15 is 0 Å². The van der Waals surface area contributed by atoms with Crippen molar-refractivity contribution in [2.45, 2.75) is 57.8 Å². The first-order valence-corrected chi connectivity index (χ1v) is 13.1. The fourth-order valence-corrected chi connectivity index (χ4v) is 4.36. The van der Waals surface area contributed by atoms with Crippen molar-refractivity contribution in [1.29, 1.82) is 0 Å². The number of aldehydes is 1. The molecular formula is C29H36N4O6. The molecule has 0 unspecified atom stereocenters. The molecule has 208 valence electrons. The molecule has 4 atom stereocenters. The molecule has 1 aliphatic rings. The minimum atomic E-state index is -1.02. The number of carbonyl (C=O) groups is 5. The first-order chi connectivity index (χ1) is 18.8. The van der Waals surface area contributed by atoms with Crippen molar-refractivity contribution in [2.24, 2.45) is 11.8 Å². The number of ether oxygens (including phenoxy) is 1. The zero-order valence-electron chi connectivity index (χ0n) is 22.2. The second kappa shape index (κ2) is 14.7. The normalized spacial score (nSPS) is 16.9. The third kappa shape index (κ3) is 9.24. The van der Waals surface area contributed by atoms with Gasteiger partial charge >= 0.3 is 6.09 Å². The van der Waals surface area contributed by atoms with Crippen molar-refractivity contribution < 1.29 is 28.7 Å². The lowest BCUT2D eigenvalue weighted by atomic mass is 9.98. The summed E-state index contributed by atoms with van der Waals surface area (Å²) in [6, 6.07) is 15.4. The van der Waals surface area contributed by atoms with Crippen molar-refractivity contribution in [3.63, 3.8) is 0 Å². The van der Waals surface area contributed by atoms with Crippen LogP contribution in [0, 0.1) is 11.8 Å². The zero-order valence-corrected chi connectivity index (χ0v) is 22.2. The predicted molar refractivity (Wildman–Crippen MR) is 144 cm³/mol. The van der Waals surface area contributed by atoms with Crippen LogP contribution in [0.1, 0.15) is 37.8 Å². The molecule has 0 radical (unpaired) electrons. The topological polar surface area (TPSA) is 143 Å². The van der Waals surface area contributed by atoms with E-state index in [4.69, 9.17) is 4.74 Å². The summed E-state index contributed by atoms with van der Waals surface area (Å²) in [4.78, 5) is 62.7. The maximum atomic E-state index is 13.3. The Morgan fingerprint density at radius 1 is 0.949 bits per heavy atom. The van der Waals surface area contributed by atoms with Crippen molar-refractivity contribution >= 4 is 30.1 Å². The third-order valence-corrected chi connectivity index (χ3v) is 6.54. The molecule has 39 heavy (non-hydrogen) atoms. The fourth-order valence-electron chi connectivity index (χ4n) is 4.36. The molecule has 10 nitrogen and oxygen atoms in total. The molecule has 1 aliphatic heterocycles. The molecule has 2 aromatic rings. The second-order valence-electron chi connectivity index (χ2n) is 9.94. The number of hydrogen-bond acceptors (Lipinski definition) is 6. The Morgan fingerprint density at radius 3 is 2.15 bits per heavy atom. The van der Waals surface area contributed by atoms with E-state index in [1.165, 1.54) is 0 Å². The molecule has 1 heterocycles. The summed E-state index contributed by atoms with van der Waals surface area (Å²) in [7, 11) is 0. The van der Waals surface area contributed by atoms with E-state index in [2.05, 4.69) is 21.3 Å². The van der Waals surface area contributed by atoms with Gasteiger partial charge in [0.1, 0.15) is 25.0 Å². The van der Waals surface area contributed by atoms with Crippen LogP contribution in [0.3, 0.4) is 0 Å². The summed E-state index contributed by atoms with van der Waals surface area (Å²) < 4.78 is 5.27. The molecule has 1 saturated heterocycles. The molecule has 2 aromatic carbocycles. The first-order valence-electron chi connectivity index (χ1n) is 13.1. The summed E-state index contributed by atoms with van der Waals surface area (Å²) in [6.07, 6.45) is 0.776. The smallest absolute Gasteiger partial charge is 0.408 e. The van der Waals surface area contributed by atoms with Crippen LogP contribution in [0.4, 0.5) is 4.79 Å². The Morgan fingerprint density at radius 2 is 1.59 bits per heavy atom. The van der Waals surface area contributed by atoms with Gasteiger partial charge in [-0.2, -0.15) is 0 Å². The highest BCUT2D eigenvalue weighted by atomic mass is 16.5. The number of nitrogens with one attached hydrogen (secondary N) is 4. The highest BCUT2D eigenvalue weighted by Gasteiger charge is 2.32. The lowest BCUT2D eigenvalue weighted by Crippen LogP contribution is -2.57. The van der Waals surface area contributed by atoms with E-state index in [0.717, 1.165) is 11.1 Å². The molecule has 4 N–H and O–H groups in total. The maximum Gasteiger partial charge on any atom is 0.408 e. The molecule has 0 aromatic heterocycles. The van der Waals surface area contributed by atoms with Gasteiger partial charge in [0.25, 0.3) is 0 Å². The summed E-state index contributed by atoms with van der Waals surface area (Å²) in [5, 5.41) is 10.7. The Balaban J connectivity index is 1.67. The average Bonchev–Trinajstić information content (AvgIpc) is 3.34. The minimum Gasteiger partial charge on any atom is -0.445 e. The summed E-state index contributed by atoms with van der Waals surface area (Å²) >= 11 is 0. The highest BCUT2D eigenvalue weighted by molar-refractivity contribution is 5.92. The number of rotatable bonds is 13. The first kappa shape index (κ1) is 29.3. The lowest BCUT2D eigenvalue weighted by Gasteiger charge is -2.26. The minimum absolute atomic E-state index is 0.0459. The van der Waals surface area contributed by atoms with Gasteiger partial charge in [0, 0.05) is 18.9 Å². The van der Waals surface area contributed by atoms with Gasteiger partial charge in [-0.05, 0) is 29.9 Å². The van der Waals surface area contributed by atoms with Crippen LogP contribution in [-0.4, -0.2) is 54.8 Å². The summed E-state index contributed by atoms with van der Waals surface area (Å²) in [5.74, 6) is -1.93. The standard InChI is InChI=1S/C29H36N4O6/c1-19(2)25(33-29(38)39-18-21-11-7-4-8-12-21)28(37)32-24(15-20-9-5-3-6-10-20)27(36)31-23(17-34)16-22-13-14-30-26(22)35/h3-12,17,19,22-25H,13-16,18H2,1-2H3,(H,30,35)(H,31,36)(H,32,37)(H,33,38)/t22-,23-,24-,25-/m0/s1. The molecular weight excluding hydrogens is 500 g/mol. The van der Waals surface area contributed by atoms with Gasteiger partial charge in [-0.15, -0.1) is 0 Å². The van der Waals surface area contributed by atoms with Gasteiger partial charge in [-0.25, -0.2) is 4.79 Å². The number of hydrogen-bond donors (Lipinski definition) is 4. The second-order valence-corrected chi connectivity index (χ2v) is 9.94. The number of amides is 4. The fraction of sp³-hybridized carbons (Fsp3) is 0.414. The average molecular weight is 537 g/mol. The van der Waals surface area contributed by atoms with Crippen LogP contribution >= 0.6 is 0 Å². The van der Waals surface area contributed by atoms with Gasteiger partial charge in [0.15, 0.2) is 0 Å². The van der Waals surface area contributed by atoms with Crippen LogP contribution in [-0.2, 0) is 36.9 Å². The predicted octanol–water partition coefficient (Wildman–Crippen LogP) is 1.87. The van der Waals surface area contributed by atoms with Gasteiger partial charge in [-0.3, -0.25) is 14.4 Å². The van der Waals surface area contributed by atoms with Crippen molar-refractivity contribution in [1.82, 2.24) is 21.3 Å². The molecule has 0 spiro atoms. The lowest BCUT2D eigenvalue weighted by molar-refractivity contribution is -0.131. The van der Waals surface area contributed by atoms with Crippen LogP contribution in [0.5, 0.6) is 0 Å². The highest BCUT2D eigenvalue weighted by Crippen LogP contribution is 2.16. The van der Waals surface area contributed by atoms with Crippen LogP contribution in [0.15, 0.2) is 60.7 Å². The quantitative estimate of drug-likeness (QED) is 0.288. The van der Waals surface area contributed by atoms with Crippen LogP contribution in [0.25, 0.3) is 0 Å². The number of benzene rings is 2. The van der Waals surface area contributed by atoms with E-state index in [1.54, 1.807) is 13.8 Å². The third-order valence-electron chi connectivity index (χ3n) is 6.54. The zero-order chi connectivity index (χ0) is 28.2. The van der Waals surface area contributed by atoms with Crippen molar-refractivity contribution in [2.75, 3.05) is 6.54 Å². The van der Waals surface area contributed by atoms with Crippen molar-refractivity contribution in [3.8, 4) is 0 Å². The summed E-state index contributed by atoms with van der Waals surface area (Å²) in [5.41, 5.74) is 1.60. The van der Waals surface area contributed by atoms with E-state index in [1.807, 2.05) is 60.7 Å². The Kier molecular flexibility index (Phi) is 11.0. The van der Waals surface area contributed by atoms with Crippen molar-refractivity contribution in [3.05, 3.63) is 71.8 Å². The molecule has 10 heteroatoms. The monoisotopic (exact) mass is 536 g/mol. The summed E-state index contributed by atoms with van der Waals surface area (Å²) in [6.45, 7) is 4.11. The molecule has 3 rings (SSSR count). The maximum absolute atomic E-state index is 13.3. The van der Waals surface area contributed by atoms with Gasteiger partial charge in [0.05, 0.1) is 6.04 Å². The Labute approximate surface area is 228 Å². The molecule has 0 saturated carbocycles. The van der Waals surface area contributed by atoms with E-state index in [9.17, 15) is 24.0 Å². The van der Waals surface area contributed by atoms with E-state index in [0.29, 0.717) is 19.3 Å². The molecule has 0 aliphatic carbocycles. The number of alkyl carbamates (subject to hydrolysis) is 1. The molecule has 4 amide bonds. The van der Waals surface area contributed by atoms with Gasteiger partial charge in [-0.1, -0.05) is 74.5 Å². The largest absolute Gasteiger partial charge is 0.445 e. The van der Waals surface area contributed by atoms with E-state index < -0.39 is 36.0 Å². The van der Waals surface area contributed by atoms with Gasteiger partial charge < -0.3 is 30.8 Å². The number of carbonyl (C=O) groups excluding carboxylic acids is 5. The Hall–Kier alpha value is -4.21. The van der Waals surface area contributed by atoms with Crippen LogP contribution in [0.2, 0.25) is 0 Å². The van der Waals surface area contributed by atoms with Crippen LogP contribution < -0.4 is 21.3 Å².